The Morgan fingerprint density at radius 2 is 2.33 bits per heavy atom. The van der Waals surface area contributed by atoms with Gasteiger partial charge < -0.3 is 5.32 Å². The van der Waals surface area contributed by atoms with Gasteiger partial charge in [-0.2, -0.15) is 5.10 Å². The van der Waals surface area contributed by atoms with Crippen LogP contribution < -0.4 is 10.9 Å². The number of nitrogens with zero attached hydrogens (tertiary/aromatic N) is 3. The molecule has 0 spiro atoms. The summed E-state index contributed by atoms with van der Waals surface area (Å²) in [5.41, 5.74) is 0.101. The molecule has 0 saturated heterocycles. The van der Waals surface area contributed by atoms with Crippen molar-refractivity contribution < 1.29 is 4.79 Å². The zero-order valence-electron chi connectivity index (χ0n) is 8.95. The van der Waals surface area contributed by atoms with Gasteiger partial charge in [-0.3, -0.25) is 19.1 Å². The van der Waals surface area contributed by atoms with Crippen LogP contribution in [0.25, 0.3) is 4.96 Å². The van der Waals surface area contributed by atoms with Gasteiger partial charge in [0.25, 0.3) is 11.5 Å². The fraction of sp³-hybridized carbons (Fsp3) is 0. The van der Waals surface area contributed by atoms with Crippen molar-refractivity contribution in [2.24, 2.45) is 0 Å². The molecule has 0 fully saturated rings. The van der Waals surface area contributed by atoms with E-state index in [9.17, 15) is 9.59 Å². The third-order valence-electron chi connectivity index (χ3n) is 2.34. The lowest BCUT2D eigenvalue weighted by atomic mass is 10.3. The van der Waals surface area contributed by atoms with Gasteiger partial charge in [0.05, 0.1) is 11.9 Å². The number of carbonyl (C=O) groups is 1. The van der Waals surface area contributed by atoms with E-state index in [1.807, 2.05) is 0 Å². The summed E-state index contributed by atoms with van der Waals surface area (Å²) in [6.07, 6.45) is 5.84. The largest absolute Gasteiger partial charge is 0.319 e. The highest BCUT2D eigenvalue weighted by molar-refractivity contribution is 7.15. The Balaban J connectivity index is 2.01. The topological polar surface area (TPSA) is 92.2 Å². The summed E-state index contributed by atoms with van der Waals surface area (Å²) in [5, 5.41) is 10.6. The van der Waals surface area contributed by atoms with E-state index in [0.717, 1.165) is 0 Å². The van der Waals surface area contributed by atoms with Crippen molar-refractivity contribution in [3.8, 4) is 0 Å². The SMILES string of the molecule is O=C(Nc1cn[nH]c1)c1cnc2sccn2c1=O. The molecule has 0 aromatic carbocycles. The second kappa shape index (κ2) is 4.08. The van der Waals surface area contributed by atoms with Crippen LogP contribution in [0.3, 0.4) is 0 Å². The van der Waals surface area contributed by atoms with E-state index in [-0.39, 0.29) is 11.1 Å². The van der Waals surface area contributed by atoms with Crippen molar-refractivity contribution in [2.45, 2.75) is 0 Å². The predicted molar refractivity (Wildman–Crippen MR) is 65.9 cm³/mol. The second-order valence-electron chi connectivity index (χ2n) is 3.47. The standard InChI is InChI=1S/C10H7N5O2S/c16-8(14-6-3-12-13-4-6)7-5-11-10-15(9(7)17)1-2-18-10/h1-5H,(H,12,13)(H,14,16). The number of nitrogens with one attached hydrogen (secondary N) is 2. The Morgan fingerprint density at radius 1 is 1.44 bits per heavy atom. The van der Waals surface area contributed by atoms with Crippen molar-refractivity contribution in [1.82, 2.24) is 19.6 Å². The molecule has 2 N–H and O–H groups in total. The zero-order valence-corrected chi connectivity index (χ0v) is 9.77. The van der Waals surface area contributed by atoms with Crippen molar-refractivity contribution in [3.05, 3.63) is 46.1 Å². The van der Waals surface area contributed by atoms with Gasteiger partial charge in [-0.25, -0.2) is 4.98 Å². The number of aromatic amines is 1. The minimum absolute atomic E-state index is 0.00731. The Labute approximate surface area is 104 Å². The molecule has 0 aliphatic carbocycles. The first kappa shape index (κ1) is 10.7. The number of hydrogen-bond acceptors (Lipinski definition) is 5. The van der Waals surface area contributed by atoms with E-state index in [2.05, 4.69) is 20.5 Å². The first-order valence-electron chi connectivity index (χ1n) is 5.01. The smallest absolute Gasteiger partial charge is 0.271 e. The third-order valence-corrected chi connectivity index (χ3v) is 3.11. The van der Waals surface area contributed by atoms with Crippen molar-refractivity contribution >= 4 is 27.9 Å². The quantitative estimate of drug-likeness (QED) is 0.711. The van der Waals surface area contributed by atoms with Gasteiger partial charge in [0, 0.05) is 24.0 Å². The lowest BCUT2D eigenvalue weighted by molar-refractivity contribution is 0.102. The summed E-state index contributed by atoms with van der Waals surface area (Å²) in [4.78, 5) is 28.5. The molecular weight excluding hydrogens is 254 g/mol. The molecule has 90 valence electrons. The van der Waals surface area contributed by atoms with Gasteiger partial charge in [0.1, 0.15) is 5.56 Å². The maximum Gasteiger partial charge on any atom is 0.271 e. The van der Waals surface area contributed by atoms with Gasteiger partial charge >= 0.3 is 0 Å². The molecule has 3 rings (SSSR count). The van der Waals surface area contributed by atoms with E-state index >= 15 is 0 Å². The van der Waals surface area contributed by atoms with E-state index < -0.39 is 5.91 Å². The number of amides is 1. The molecule has 0 aliphatic rings. The predicted octanol–water partition coefficient (Wildman–Crippen LogP) is 0.731. The van der Waals surface area contributed by atoms with E-state index in [0.29, 0.717) is 10.6 Å². The number of fused-ring (bicyclic) bond motifs is 1. The van der Waals surface area contributed by atoms with E-state index in [1.54, 1.807) is 11.6 Å². The summed E-state index contributed by atoms with van der Waals surface area (Å²) >= 11 is 1.33. The summed E-state index contributed by atoms with van der Waals surface area (Å²) < 4.78 is 1.34. The van der Waals surface area contributed by atoms with Crippen LogP contribution in [-0.2, 0) is 0 Å². The molecule has 3 aromatic heterocycles. The van der Waals surface area contributed by atoms with Crippen molar-refractivity contribution in [3.63, 3.8) is 0 Å². The molecule has 0 unspecified atom stereocenters. The average molecular weight is 261 g/mol. The van der Waals surface area contributed by atoms with Crippen LogP contribution in [0.4, 0.5) is 5.69 Å². The van der Waals surface area contributed by atoms with Crippen LogP contribution in [0.2, 0.25) is 0 Å². The molecule has 7 nitrogen and oxygen atoms in total. The number of anilines is 1. The van der Waals surface area contributed by atoms with Gasteiger partial charge in [-0.15, -0.1) is 11.3 Å². The Hall–Kier alpha value is -2.48. The Kier molecular flexibility index (Phi) is 2.41. The lowest BCUT2D eigenvalue weighted by Crippen LogP contribution is -2.25. The van der Waals surface area contributed by atoms with Gasteiger partial charge in [-0.05, 0) is 0 Å². The van der Waals surface area contributed by atoms with Crippen molar-refractivity contribution in [1.29, 1.82) is 0 Å². The van der Waals surface area contributed by atoms with Crippen LogP contribution in [0, 0.1) is 0 Å². The third kappa shape index (κ3) is 1.68. The second-order valence-corrected chi connectivity index (χ2v) is 4.35. The number of carbonyl (C=O) groups excluding carboxylic acids is 1. The van der Waals surface area contributed by atoms with Crippen LogP contribution in [0.1, 0.15) is 10.4 Å². The van der Waals surface area contributed by atoms with Crippen LogP contribution in [0.5, 0.6) is 0 Å². The van der Waals surface area contributed by atoms with Gasteiger partial charge in [0.15, 0.2) is 4.96 Å². The molecule has 3 aromatic rings. The zero-order chi connectivity index (χ0) is 12.5. The summed E-state index contributed by atoms with van der Waals surface area (Å²) in [7, 11) is 0. The lowest BCUT2D eigenvalue weighted by Gasteiger charge is -2.01. The fourth-order valence-corrected chi connectivity index (χ4v) is 2.17. The van der Waals surface area contributed by atoms with Crippen LogP contribution in [-0.4, -0.2) is 25.5 Å². The summed E-state index contributed by atoms with van der Waals surface area (Å²) in [5.74, 6) is -0.505. The van der Waals surface area contributed by atoms with E-state index in [1.165, 1.54) is 34.3 Å². The highest BCUT2D eigenvalue weighted by atomic mass is 32.1. The highest BCUT2D eigenvalue weighted by Crippen LogP contribution is 2.07. The molecule has 0 saturated carbocycles. The Morgan fingerprint density at radius 3 is 3.11 bits per heavy atom. The number of thiazole rings is 1. The number of H-pyrrole nitrogens is 1. The summed E-state index contributed by atoms with van der Waals surface area (Å²) in [6, 6.07) is 0. The number of aromatic nitrogens is 4. The van der Waals surface area contributed by atoms with Crippen LogP contribution >= 0.6 is 11.3 Å². The maximum atomic E-state index is 12.0. The molecule has 0 atom stereocenters. The summed E-state index contributed by atoms with van der Waals surface area (Å²) in [6.45, 7) is 0. The fourth-order valence-electron chi connectivity index (χ4n) is 1.50. The average Bonchev–Trinajstić information content (AvgIpc) is 2.99. The molecule has 0 aliphatic heterocycles. The number of hydrogen-bond donors (Lipinski definition) is 2. The Bertz CT molecular complexity index is 758. The minimum Gasteiger partial charge on any atom is -0.319 e. The first-order valence-corrected chi connectivity index (χ1v) is 5.88. The molecule has 0 radical (unpaired) electrons. The van der Waals surface area contributed by atoms with Crippen molar-refractivity contribution in [2.75, 3.05) is 5.32 Å². The molecular formula is C10H7N5O2S. The molecule has 8 heteroatoms. The molecule has 1 amide bonds. The maximum absolute atomic E-state index is 12.0. The highest BCUT2D eigenvalue weighted by Gasteiger charge is 2.14. The van der Waals surface area contributed by atoms with Gasteiger partial charge in [0.2, 0.25) is 0 Å². The molecule has 0 bridgehead atoms. The van der Waals surface area contributed by atoms with Crippen LogP contribution in [0.15, 0.2) is 35.0 Å². The number of rotatable bonds is 2. The normalized spacial score (nSPS) is 10.7. The molecule has 18 heavy (non-hydrogen) atoms. The molecule has 3 heterocycles. The van der Waals surface area contributed by atoms with E-state index in [4.69, 9.17) is 0 Å². The monoisotopic (exact) mass is 261 g/mol. The minimum atomic E-state index is -0.505. The first-order chi connectivity index (χ1) is 8.75. The van der Waals surface area contributed by atoms with Gasteiger partial charge in [-0.1, -0.05) is 0 Å².